The average Bonchev–Trinajstić information content (AvgIpc) is 2.95. The first kappa shape index (κ1) is 18.0. The van der Waals surface area contributed by atoms with E-state index in [4.69, 9.17) is 20.9 Å². The lowest BCUT2D eigenvalue weighted by Gasteiger charge is -2.20. The van der Waals surface area contributed by atoms with Gasteiger partial charge in [0, 0.05) is 6.07 Å². The van der Waals surface area contributed by atoms with Gasteiger partial charge in [-0.05, 0) is 25.0 Å². The van der Waals surface area contributed by atoms with Crippen molar-refractivity contribution in [2.45, 2.75) is 33.4 Å². The number of amides is 1. The van der Waals surface area contributed by atoms with E-state index in [2.05, 4.69) is 10.5 Å². The zero-order chi connectivity index (χ0) is 17.7. The number of nitrogens with one attached hydrogen (secondary N) is 1. The zero-order valence-electron chi connectivity index (χ0n) is 13.7. The summed E-state index contributed by atoms with van der Waals surface area (Å²) >= 11 is 6.01. The summed E-state index contributed by atoms with van der Waals surface area (Å²) in [5, 5.41) is 6.71. The Morgan fingerprint density at radius 3 is 2.62 bits per heavy atom. The molecule has 6 nitrogen and oxygen atoms in total. The summed E-state index contributed by atoms with van der Waals surface area (Å²) in [6.07, 6.45) is 0. The van der Waals surface area contributed by atoms with E-state index in [1.807, 2.05) is 13.8 Å². The molecule has 0 radical (unpaired) electrons. The molecule has 1 amide bonds. The van der Waals surface area contributed by atoms with Gasteiger partial charge in [-0.3, -0.25) is 4.79 Å². The zero-order valence-corrected chi connectivity index (χ0v) is 14.5. The number of benzene rings is 1. The third-order valence-corrected chi connectivity index (χ3v) is 3.69. The number of carbonyl (C=O) groups excluding carboxylic acids is 2. The van der Waals surface area contributed by atoms with Crippen LogP contribution in [-0.2, 0) is 16.1 Å². The van der Waals surface area contributed by atoms with Gasteiger partial charge in [-0.1, -0.05) is 42.7 Å². The van der Waals surface area contributed by atoms with Crippen molar-refractivity contribution in [2.75, 3.05) is 0 Å². The molecule has 0 unspecified atom stereocenters. The smallest absolute Gasteiger partial charge is 0.329 e. The molecule has 1 aromatic carbocycles. The maximum absolute atomic E-state index is 12.3. The van der Waals surface area contributed by atoms with Gasteiger partial charge in [0.15, 0.2) is 12.4 Å². The van der Waals surface area contributed by atoms with Crippen LogP contribution in [0.15, 0.2) is 34.9 Å². The summed E-state index contributed by atoms with van der Waals surface area (Å²) in [7, 11) is 0. The lowest BCUT2D eigenvalue weighted by Crippen LogP contribution is -2.45. The Hall–Kier alpha value is -2.34. The van der Waals surface area contributed by atoms with Crippen molar-refractivity contribution in [2.24, 2.45) is 5.92 Å². The first-order chi connectivity index (χ1) is 11.4. The summed E-state index contributed by atoms with van der Waals surface area (Å²) in [5.74, 6) is -0.674. The number of nitrogens with zero attached hydrogens (tertiary/aromatic N) is 1. The number of aromatic nitrogens is 1. The van der Waals surface area contributed by atoms with E-state index < -0.39 is 17.9 Å². The highest BCUT2D eigenvalue weighted by atomic mass is 35.5. The highest BCUT2D eigenvalue weighted by Gasteiger charge is 2.27. The molecule has 24 heavy (non-hydrogen) atoms. The van der Waals surface area contributed by atoms with Crippen molar-refractivity contribution in [3.63, 3.8) is 0 Å². The van der Waals surface area contributed by atoms with Crippen LogP contribution in [0.4, 0.5) is 0 Å². The molecule has 1 heterocycles. The third-order valence-electron chi connectivity index (χ3n) is 3.36. The molecule has 1 atom stereocenters. The summed E-state index contributed by atoms with van der Waals surface area (Å²) in [4.78, 5) is 24.6. The van der Waals surface area contributed by atoms with Crippen LogP contribution in [0.25, 0.3) is 0 Å². The Bertz CT molecular complexity index is 727. The van der Waals surface area contributed by atoms with Gasteiger partial charge in [-0.15, -0.1) is 0 Å². The topological polar surface area (TPSA) is 81.4 Å². The average molecular weight is 351 g/mol. The van der Waals surface area contributed by atoms with Gasteiger partial charge in [-0.2, -0.15) is 0 Å². The lowest BCUT2D eigenvalue weighted by molar-refractivity contribution is -0.149. The Kier molecular flexibility index (Phi) is 5.98. The van der Waals surface area contributed by atoms with Crippen molar-refractivity contribution in [3.05, 3.63) is 52.4 Å². The Morgan fingerprint density at radius 2 is 2.04 bits per heavy atom. The van der Waals surface area contributed by atoms with Crippen LogP contribution in [0.3, 0.4) is 0 Å². The molecule has 0 saturated carbocycles. The van der Waals surface area contributed by atoms with Gasteiger partial charge in [0.25, 0.3) is 5.91 Å². The molecule has 1 aromatic heterocycles. The van der Waals surface area contributed by atoms with Gasteiger partial charge >= 0.3 is 5.97 Å². The van der Waals surface area contributed by atoms with Crippen LogP contribution in [0.1, 0.15) is 35.7 Å². The van der Waals surface area contributed by atoms with E-state index in [0.717, 1.165) is 0 Å². The minimum atomic E-state index is -0.794. The fourth-order valence-corrected chi connectivity index (χ4v) is 2.30. The molecule has 0 bridgehead atoms. The van der Waals surface area contributed by atoms with Crippen LogP contribution < -0.4 is 5.32 Å². The summed E-state index contributed by atoms with van der Waals surface area (Å²) in [6, 6.07) is 7.53. The highest BCUT2D eigenvalue weighted by molar-refractivity contribution is 6.33. The number of hydrogen-bond acceptors (Lipinski definition) is 5. The Labute approximate surface area is 145 Å². The molecule has 2 aromatic rings. The second-order valence-electron chi connectivity index (χ2n) is 5.72. The highest BCUT2D eigenvalue weighted by Crippen LogP contribution is 2.16. The number of halogens is 1. The molecule has 0 aliphatic heterocycles. The fraction of sp³-hybridized carbons (Fsp3) is 0.353. The molecule has 0 aliphatic carbocycles. The molecule has 0 saturated heterocycles. The minimum Gasteiger partial charge on any atom is -0.456 e. The second-order valence-corrected chi connectivity index (χ2v) is 6.12. The van der Waals surface area contributed by atoms with E-state index in [9.17, 15) is 9.59 Å². The van der Waals surface area contributed by atoms with Gasteiger partial charge < -0.3 is 14.6 Å². The van der Waals surface area contributed by atoms with Crippen LogP contribution in [-0.4, -0.2) is 23.1 Å². The summed E-state index contributed by atoms with van der Waals surface area (Å²) in [6.45, 7) is 5.37. The maximum atomic E-state index is 12.3. The number of rotatable bonds is 6. The molecule has 1 N–H and O–H groups in total. The van der Waals surface area contributed by atoms with E-state index in [1.54, 1.807) is 37.3 Å². The Morgan fingerprint density at radius 1 is 1.33 bits per heavy atom. The molecule has 7 heteroatoms. The van der Waals surface area contributed by atoms with Crippen molar-refractivity contribution in [3.8, 4) is 0 Å². The molecular weight excluding hydrogens is 332 g/mol. The van der Waals surface area contributed by atoms with Crippen LogP contribution in [0, 0.1) is 12.8 Å². The minimum absolute atomic E-state index is 0.0368. The summed E-state index contributed by atoms with van der Waals surface area (Å²) in [5.41, 5.74) is 1.01. The van der Waals surface area contributed by atoms with Crippen molar-refractivity contribution in [1.82, 2.24) is 10.5 Å². The van der Waals surface area contributed by atoms with Gasteiger partial charge in [-0.25, -0.2) is 4.79 Å². The van der Waals surface area contributed by atoms with Crippen LogP contribution in [0.2, 0.25) is 5.02 Å². The van der Waals surface area contributed by atoms with E-state index in [0.29, 0.717) is 22.0 Å². The van der Waals surface area contributed by atoms with E-state index in [-0.39, 0.29) is 12.5 Å². The van der Waals surface area contributed by atoms with Crippen LogP contribution in [0.5, 0.6) is 0 Å². The predicted molar refractivity (Wildman–Crippen MR) is 88.6 cm³/mol. The molecule has 0 spiro atoms. The molecule has 2 rings (SSSR count). The summed E-state index contributed by atoms with van der Waals surface area (Å²) < 4.78 is 10.2. The number of hydrogen-bond donors (Lipinski definition) is 1. The SMILES string of the molecule is Cc1cc(COC(=O)[C@@H](NC(=O)c2ccccc2Cl)C(C)C)on1. The van der Waals surface area contributed by atoms with E-state index in [1.165, 1.54) is 0 Å². The Balaban J connectivity index is 2.01. The number of carbonyl (C=O) groups is 2. The second kappa shape index (κ2) is 7.97. The normalized spacial score (nSPS) is 12.0. The molecular formula is C17H19ClN2O4. The number of aryl methyl sites for hydroxylation is 1. The quantitative estimate of drug-likeness (QED) is 0.809. The standard InChI is InChI=1S/C17H19ClN2O4/c1-10(2)15(17(22)23-9-12-8-11(3)20-24-12)19-16(21)13-6-4-5-7-14(13)18/h4-8,10,15H,9H2,1-3H3,(H,19,21)/t15-/m0/s1. The number of ether oxygens (including phenoxy) is 1. The first-order valence-electron chi connectivity index (χ1n) is 7.52. The monoisotopic (exact) mass is 350 g/mol. The fourth-order valence-electron chi connectivity index (χ4n) is 2.08. The van der Waals surface area contributed by atoms with Gasteiger partial charge in [0.2, 0.25) is 0 Å². The number of esters is 1. The molecule has 128 valence electrons. The van der Waals surface area contributed by atoms with Crippen molar-refractivity contribution < 1.29 is 18.8 Å². The van der Waals surface area contributed by atoms with Gasteiger partial charge in [0.1, 0.15) is 6.04 Å². The largest absolute Gasteiger partial charge is 0.456 e. The van der Waals surface area contributed by atoms with Crippen molar-refractivity contribution in [1.29, 1.82) is 0 Å². The third kappa shape index (κ3) is 4.58. The lowest BCUT2D eigenvalue weighted by atomic mass is 10.0. The predicted octanol–water partition coefficient (Wildman–Crippen LogP) is 3.13. The molecule has 0 aliphatic rings. The molecule has 0 fully saturated rings. The first-order valence-corrected chi connectivity index (χ1v) is 7.90. The van der Waals surface area contributed by atoms with Crippen LogP contribution >= 0.6 is 11.6 Å². The van der Waals surface area contributed by atoms with Crippen molar-refractivity contribution >= 4 is 23.5 Å². The maximum Gasteiger partial charge on any atom is 0.329 e. The van der Waals surface area contributed by atoms with E-state index >= 15 is 0 Å². The van der Waals surface area contributed by atoms with Gasteiger partial charge in [0.05, 0.1) is 16.3 Å².